The first-order valence-corrected chi connectivity index (χ1v) is 7.42. The highest BCUT2D eigenvalue weighted by Crippen LogP contribution is 2.28. The Balaban J connectivity index is 2.59. The summed E-state index contributed by atoms with van der Waals surface area (Å²) < 4.78 is 4.02. The molecular weight excluding hydrogens is 278 g/mol. The Morgan fingerprint density at radius 1 is 1.30 bits per heavy atom. The minimum atomic E-state index is -1.05. The van der Waals surface area contributed by atoms with E-state index in [1.165, 1.54) is 4.90 Å². The molecule has 1 amide bonds. The van der Waals surface area contributed by atoms with Crippen LogP contribution < -0.4 is 10.6 Å². The number of aryl methyl sites for hydroxylation is 1. The number of carboxylic acids is 1. The van der Waals surface area contributed by atoms with E-state index in [4.69, 9.17) is 10.8 Å². The Labute approximate surface area is 122 Å². The van der Waals surface area contributed by atoms with Crippen molar-refractivity contribution in [1.29, 1.82) is 0 Å². The molecule has 3 N–H and O–H groups in total. The molecule has 20 heavy (non-hydrogen) atoms. The topological polar surface area (TPSA) is 96.5 Å². The molecule has 1 heterocycles. The van der Waals surface area contributed by atoms with E-state index in [2.05, 4.69) is 4.37 Å². The van der Waals surface area contributed by atoms with Gasteiger partial charge in [-0.15, -0.1) is 0 Å². The molecule has 0 aliphatic carbocycles. The molecule has 0 aliphatic heterocycles. The van der Waals surface area contributed by atoms with E-state index in [0.29, 0.717) is 23.7 Å². The van der Waals surface area contributed by atoms with Gasteiger partial charge in [0.05, 0.1) is 5.69 Å². The SMILES string of the molecule is Cc1nsc(N(C)C(=O)CCCCCCN)c1C(=O)O. The number of rotatable bonds is 8. The molecule has 7 heteroatoms. The fourth-order valence-electron chi connectivity index (χ4n) is 1.89. The third-order valence-electron chi connectivity index (χ3n) is 3.08. The quantitative estimate of drug-likeness (QED) is 0.716. The van der Waals surface area contributed by atoms with Crippen molar-refractivity contribution >= 4 is 28.4 Å². The smallest absolute Gasteiger partial charge is 0.340 e. The van der Waals surface area contributed by atoms with Crippen LogP contribution in [-0.2, 0) is 4.79 Å². The molecule has 1 rings (SSSR count). The normalized spacial score (nSPS) is 10.6. The highest BCUT2D eigenvalue weighted by molar-refractivity contribution is 7.11. The number of hydrogen-bond acceptors (Lipinski definition) is 5. The van der Waals surface area contributed by atoms with Gasteiger partial charge in [0, 0.05) is 13.5 Å². The lowest BCUT2D eigenvalue weighted by atomic mass is 10.1. The van der Waals surface area contributed by atoms with Crippen molar-refractivity contribution in [1.82, 2.24) is 4.37 Å². The number of nitrogens with two attached hydrogens (primary N) is 1. The van der Waals surface area contributed by atoms with Gasteiger partial charge in [-0.05, 0) is 37.8 Å². The molecule has 0 bridgehead atoms. The first-order chi connectivity index (χ1) is 9.49. The highest BCUT2D eigenvalue weighted by atomic mass is 32.1. The fourth-order valence-corrected chi connectivity index (χ4v) is 2.75. The van der Waals surface area contributed by atoms with Gasteiger partial charge in [0.25, 0.3) is 0 Å². The summed E-state index contributed by atoms with van der Waals surface area (Å²) in [4.78, 5) is 24.6. The summed E-state index contributed by atoms with van der Waals surface area (Å²) in [7, 11) is 1.60. The zero-order valence-corrected chi connectivity index (χ0v) is 12.7. The van der Waals surface area contributed by atoms with Crippen molar-refractivity contribution in [2.24, 2.45) is 5.73 Å². The average Bonchev–Trinajstić information content (AvgIpc) is 2.79. The van der Waals surface area contributed by atoms with Crippen LogP contribution in [-0.4, -0.2) is 34.9 Å². The van der Waals surface area contributed by atoms with Gasteiger partial charge in [0.2, 0.25) is 5.91 Å². The summed E-state index contributed by atoms with van der Waals surface area (Å²) in [5, 5.41) is 9.56. The predicted molar refractivity (Wildman–Crippen MR) is 79.4 cm³/mol. The molecule has 0 atom stereocenters. The second kappa shape index (κ2) is 7.96. The Hall–Kier alpha value is -1.47. The number of carboxylic acid groups (broad SMARTS) is 1. The van der Waals surface area contributed by atoms with E-state index in [9.17, 15) is 9.59 Å². The number of carbonyl (C=O) groups excluding carboxylic acids is 1. The number of nitrogens with zero attached hydrogens (tertiary/aromatic N) is 2. The van der Waals surface area contributed by atoms with Crippen molar-refractivity contribution in [3.8, 4) is 0 Å². The van der Waals surface area contributed by atoms with Gasteiger partial charge in [-0.2, -0.15) is 4.37 Å². The van der Waals surface area contributed by atoms with Gasteiger partial charge in [-0.1, -0.05) is 12.8 Å². The van der Waals surface area contributed by atoms with E-state index in [1.807, 2.05) is 0 Å². The van der Waals surface area contributed by atoms with E-state index >= 15 is 0 Å². The number of hydrogen-bond donors (Lipinski definition) is 2. The molecule has 0 aromatic carbocycles. The molecule has 0 fully saturated rings. The van der Waals surface area contributed by atoms with Crippen LogP contribution in [0.3, 0.4) is 0 Å². The summed E-state index contributed by atoms with van der Waals surface area (Å²) in [6, 6.07) is 0. The Morgan fingerprint density at radius 2 is 1.95 bits per heavy atom. The molecule has 0 saturated carbocycles. The van der Waals surface area contributed by atoms with E-state index in [-0.39, 0.29) is 11.5 Å². The van der Waals surface area contributed by atoms with Crippen molar-refractivity contribution < 1.29 is 14.7 Å². The zero-order chi connectivity index (χ0) is 15.1. The number of anilines is 1. The Morgan fingerprint density at radius 3 is 2.55 bits per heavy atom. The zero-order valence-electron chi connectivity index (χ0n) is 11.9. The maximum Gasteiger partial charge on any atom is 0.340 e. The highest BCUT2D eigenvalue weighted by Gasteiger charge is 2.23. The van der Waals surface area contributed by atoms with Crippen LogP contribution in [0.15, 0.2) is 0 Å². The number of carbonyl (C=O) groups is 2. The number of aromatic nitrogens is 1. The standard InChI is InChI=1S/C13H21N3O3S/c1-9-11(13(18)19)12(20-15-9)16(2)10(17)7-5-3-4-6-8-14/h3-8,14H2,1-2H3,(H,18,19). The lowest BCUT2D eigenvalue weighted by molar-refractivity contribution is -0.118. The van der Waals surface area contributed by atoms with Gasteiger partial charge in [0.1, 0.15) is 10.6 Å². The first kappa shape index (κ1) is 16.6. The summed E-state index contributed by atoms with van der Waals surface area (Å²) in [6.07, 6.45) is 4.17. The largest absolute Gasteiger partial charge is 0.478 e. The van der Waals surface area contributed by atoms with Crippen molar-refractivity contribution in [3.05, 3.63) is 11.3 Å². The van der Waals surface area contributed by atoms with E-state index < -0.39 is 5.97 Å². The molecule has 112 valence electrons. The number of amides is 1. The third-order valence-corrected chi connectivity index (χ3v) is 4.10. The van der Waals surface area contributed by atoms with Crippen molar-refractivity contribution in [2.75, 3.05) is 18.5 Å². The lowest BCUT2D eigenvalue weighted by Gasteiger charge is -2.15. The Bertz CT molecular complexity index is 473. The van der Waals surface area contributed by atoms with Gasteiger partial charge in [-0.3, -0.25) is 4.79 Å². The van der Waals surface area contributed by atoms with Crippen LogP contribution in [0, 0.1) is 6.92 Å². The van der Waals surface area contributed by atoms with Gasteiger partial charge in [-0.25, -0.2) is 4.79 Å². The molecule has 1 aromatic heterocycles. The third kappa shape index (κ3) is 4.28. The van der Waals surface area contributed by atoms with Crippen LogP contribution >= 0.6 is 11.5 Å². The predicted octanol–water partition coefficient (Wildman–Crippen LogP) is 2.02. The summed E-state index contributed by atoms with van der Waals surface area (Å²) in [5.41, 5.74) is 5.97. The average molecular weight is 299 g/mol. The molecule has 0 saturated heterocycles. The van der Waals surface area contributed by atoms with Gasteiger partial charge in [0.15, 0.2) is 0 Å². The fraction of sp³-hybridized carbons (Fsp3) is 0.615. The van der Waals surface area contributed by atoms with Crippen LogP contribution in [0.5, 0.6) is 0 Å². The van der Waals surface area contributed by atoms with Crippen LogP contribution in [0.2, 0.25) is 0 Å². The summed E-state index contributed by atoms with van der Waals surface area (Å²) >= 11 is 1.05. The minimum Gasteiger partial charge on any atom is -0.478 e. The van der Waals surface area contributed by atoms with Crippen molar-refractivity contribution in [3.63, 3.8) is 0 Å². The Kier molecular flexibility index (Phi) is 6.60. The lowest BCUT2D eigenvalue weighted by Crippen LogP contribution is -2.26. The molecule has 1 aromatic rings. The van der Waals surface area contributed by atoms with Crippen LogP contribution in [0.4, 0.5) is 5.00 Å². The summed E-state index contributed by atoms with van der Waals surface area (Å²) in [6.45, 7) is 2.31. The van der Waals surface area contributed by atoms with E-state index in [0.717, 1.165) is 37.2 Å². The van der Waals surface area contributed by atoms with E-state index in [1.54, 1.807) is 14.0 Å². The van der Waals surface area contributed by atoms with Gasteiger partial charge < -0.3 is 15.7 Å². The molecule has 0 spiro atoms. The van der Waals surface area contributed by atoms with Crippen LogP contribution in [0.25, 0.3) is 0 Å². The van der Waals surface area contributed by atoms with Gasteiger partial charge >= 0.3 is 5.97 Å². The maximum atomic E-state index is 12.0. The number of aromatic carboxylic acids is 1. The first-order valence-electron chi connectivity index (χ1n) is 6.65. The molecular formula is C13H21N3O3S. The maximum absolute atomic E-state index is 12.0. The summed E-state index contributed by atoms with van der Waals surface area (Å²) in [5.74, 6) is -1.13. The molecule has 0 radical (unpaired) electrons. The van der Waals surface area contributed by atoms with Crippen molar-refractivity contribution in [2.45, 2.75) is 39.0 Å². The molecule has 0 aliphatic rings. The molecule has 6 nitrogen and oxygen atoms in total. The second-order valence-electron chi connectivity index (χ2n) is 4.66. The second-order valence-corrected chi connectivity index (χ2v) is 5.41. The number of unbranched alkanes of at least 4 members (excludes halogenated alkanes) is 3. The van der Waals surface area contributed by atoms with Crippen LogP contribution in [0.1, 0.15) is 48.2 Å². The monoisotopic (exact) mass is 299 g/mol. The molecule has 0 unspecified atom stereocenters. The minimum absolute atomic E-state index is 0.0797.